The number of furan rings is 1. The summed E-state index contributed by atoms with van der Waals surface area (Å²) in [4.78, 5) is 0. The molecule has 2 rings (SSSR count). The second-order valence-electron chi connectivity index (χ2n) is 5.25. The second-order valence-corrected chi connectivity index (χ2v) is 5.25. The van der Waals surface area contributed by atoms with Gasteiger partial charge in [0.15, 0.2) is 5.42 Å². The molecule has 0 aliphatic carbocycles. The first-order valence-corrected chi connectivity index (χ1v) is 8.17. The molecule has 1 heterocycles. The molecular formula is C20H29NO2. The molecule has 3 heteroatoms. The summed E-state index contributed by atoms with van der Waals surface area (Å²) >= 11 is 0. The Morgan fingerprint density at radius 1 is 1.22 bits per heavy atom. The summed E-state index contributed by atoms with van der Waals surface area (Å²) in [6.07, 6.45) is 0.839. The number of hydrogen-bond donors (Lipinski definition) is 1. The maximum Gasteiger partial charge on any atom is 0.152 e. The van der Waals surface area contributed by atoms with E-state index in [1.807, 2.05) is 32.9 Å². The molecule has 0 bridgehead atoms. The first-order valence-electron chi connectivity index (χ1n) is 8.17. The van der Waals surface area contributed by atoms with Crippen LogP contribution in [0.15, 0.2) is 22.6 Å². The number of methoxy groups -OCH3 is 1. The van der Waals surface area contributed by atoms with E-state index in [-0.39, 0.29) is 0 Å². The number of nitrogens with one attached hydrogen (secondary N) is 1. The van der Waals surface area contributed by atoms with Gasteiger partial charge >= 0.3 is 0 Å². The van der Waals surface area contributed by atoms with Gasteiger partial charge in [0, 0.05) is 16.5 Å². The van der Waals surface area contributed by atoms with Crippen LogP contribution < -0.4 is 20.7 Å². The Morgan fingerprint density at radius 2 is 1.87 bits per heavy atom. The van der Waals surface area contributed by atoms with Crippen molar-refractivity contribution >= 4 is 18.0 Å². The number of anilines is 1. The largest absolute Gasteiger partial charge is 0.496 e. The Hall–Kier alpha value is -2.16. The number of hydrogen-bond acceptors (Lipinski definition) is 3. The lowest BCUT2D eigenvalue weighted by atomic mass is 10.1. The molecule has 0 atom stereocenters. The van der Waals surface area contributed by atoms with Crippen molar-refractivity contribution in [1.29, 1.82) is 0 Å². The van der Waals surface area contributed by atoms with Gasteiger partial charge in [0.25, 0.3) is 0 Å². The van der Waals surface area contributed by atoms with Gasteiger partial charge in [0.2, 0.25) is 0 Å². The van der Waals surface area contributed by atoms with Gasteiger partial charge in [-0.2, -0.15) is 0 Å². The van der Waals surface area contributed by atoms with E-state index in [0.29, 0.717) is 0 Å². The summed E-state index contributed by atoms with van der Waals surface area (Å²) in [5.74, 6) is 1.76. The van der Waals surface area contributed by atoms with Crippen molar-refractivity contribution in [2.75, 3.05) is 12.4 Å². The maximum absolute atomic E-state index is 5.78. The van der Waals surface area contributed by atoms with Crippen LogP contribution in [0.5, 0.6) is 5.75 Å². The predicted octanol–water partition coefficient (Wildman–Crippen LogP) is 4.28. The van der Waals surface area contributed by atoms with Gasteiger partial charge in [0.1, 0.15) is 11.5 Å². The molecule has 0 radical (unpaired) electrons. The van der Waals surface area contributed by atoms with Gasteiger partial charge in [-0.05, 0) is 44.9 Å². The van der Waals surface area contributed by atoms with Crippen molar-refractivity contribution in [2.45, 2.75) is 48.0 Å². The number of benzene rings is 1. The van der Waals surface area contributed by atoms with Gasteiger partial charge in [-0.1, -0.05) is 33.4 Å². The third kappa shape index (κ3) is 4.19. The summed E-state index contributed by atoms with van der Waals surface area (Å²) in [5.41, 5.74) is 5.20. The van der Waals surface area contributed by atoms with E-state index >= 15 is 0 Å². The minimum absolute atomic E-state index is 0.830. The van der Waals surface area contributed by atoms with E-state index < -0.39 is 0 Å². The van der Waals surface area contributed by atoms with Gasteiger partial charge in [0.05, 0.1) is 12.8 Å². The van der Waals surface area contributed by atoms with Crippen molar-refractivity contribution < 1.29 is 9.15 Å². The van der Waals surface area contributed by atoms with E-state index in [2.05, 4.69) is 38.7 Å². The van der Waals surface area contributed by atoms with E-state index in [4.69, 9.17) is 9.15 Å². The van der Waals surface area contributed by atoms with Crippen LogP contribution in [0.1, 0.15) is 44.1 Å². The molecule has 0 unspecified atom stereocenters. The van der Waals surface area contributed by atoms with Crippen molar-refractivity contribution in [3.05, 3.63) is 45.7 Å². The molecule has 3 nitrogen and oxygen atoms in total. The average molecular weight is 315 g/mol. The highest BCUT2D eigenvalue weighted by molar-refractivity contribution is 5.71. The lowest BCUT2D eigenvalue weighted by molar-refractivity contribution is 0.412. The van der Waals surface area contributed by atoms with Crippen molar-refractivity contribution in [3.63, 3.8) is 0 Å². The zero-order valence-corrected chi connectivity index (χ0v) is 15.5. The third-order valence-corrected chi connectivity index (χ3v) is 3.68. The van der Waals surface area contributed by atoms with Crippen LogP contribution in [0.2, 0.25) is 0 Å². The average Bonchev–Trinajstić information content (AvgIpc) is 2.88. The lowest BCUT2D eigenvalue weighted by Crippen LogP contribution is -2.24. The zero-order chi connectivity index (χ0) is 17.6. The molecule has 1 N–H and O–H groups in total. The fraction of sp³-hybridized carbons (Fsp3) is 0.400. The van der Waals surface area contributed by atoms with Crippen molar-refractivity contribution in [2.24, 2.45) is 0 Å². The van der Waals surface area contributed by atoms with Crippen molar-refractivity contribution in [1.82, 2.24) is 0 Å². The highest BCUT2D eigenvalue weighted by Gasteiger charge is 2.10. The topological polar surface area (TPSA) is 34.4 Å². The first kappa shape index (κ1) is 18.9. The monoisotopic (exact) mass is 315 g/mol. The summed E-state index contributed by atoms with van der Waals surface area (Å²) in [6, 6.07) is 6.00. The third-order valence-electron chi connectivity index (χ3n) is 3.68. The Balaban J connectivity index is 0.00000127. The quantitative estimate of drug-likeness (QED) is 0.914. The molecule has 1 aromatic heterocycles. The first-order chi connectivity index (χ1) is 11.0. The number of rotatable bonds is 4. The minimum atomic E-state index is 0.830. The molecule has 0 aliphatic heterocycles. The molecule has 23 heavy (non-hydrogen) atoms. The van der Waals surface area contributed by atoms with Crippen LogP contribution in [0, 0.1) is 20.8 Å². The predicted molar refractivity (Wildman–Crippen MR) is 99.4 cm³/mol. The van der Waals surface area contributed by atoms with Crippen LogP contribution in [-0.2, 0) is 0 Å². The summed E-state index contributed by atoms with van der Waals surface area (Å²) in [6.45, 7) is 16.2. The normalized spacial score (nSPS) is 11.4. The Labute approximate surface area is 139 Å². The highest BCUT2D eigenvalue weighted by atomic mass is 16.5. The Bertz CT molecular complexity index is 757. The summed E-state index contributed by atoms with van der Waals surface area (Å²) in [5, 5.41) is 4.43. The zero-order valence-electron chi connectivity index (χ0n) is 15.5. The number of aryl methyl sites for hydroxylation is 2. The van der Waals surface area contributed by atoms with E-state index in [0.717, 1.165) is 45.5 Å². The molecule has 2 aromatic rings. The van der Waals surface area contributed by atoms with Crippen LogP contribution in [0.25, 0.3) is 12.3 Å². The minimum Gasteiger partial charge on any atom is -0.496 e. The molecular weight excluding hydrogens is 286 g/mol. The van der Waals surface area contributed by atoms with Gasteiger partial charge in [-0.15, -0.1) is 0 Å². The van der Waals surface area contributed by atoms with Crippen molar-refractivity contribution in [3.8, 4) is 5.75 Å². The standard InChI is InChI=1S/C18H23NO2.C2H6/c1-7-15(18-12(3)10-13(4)21-18)19-17-11(2)8-9-16(20-6)14(17)5;1-2/h8-10,19H,3,7H2,1-2,4-6H3;1-2H3/b18-15-;. The van der Waals surface area contributed by atoms with E-state index in [1.54, 1.807) is 7.11 Å². The molecule has 0 saturated carbocycles. The van der Waals surface area contributed by atoms with Gasteiger partial charge in [-0.25, -0.2) is 0 Å². The molecule has 0 aliphatic rings. The van der Waals surface area contributed by atoms with Crippen LogP contribution >= 0.6 is 0 Å². The summed E-state index contributed by atoms with van der Waals surface area (Å²) < 4.78 is 11.2. The Morgan fingerprint density at radius 3 is 2.35 bits per heavy atom. The molecule has 1 aromatic carbocycles. The lowest BCUT2D eigenvalue weighted by Gasteiger charge is -2.16. The molecule has 0 spiro atoms. The molecule has 126 valence electrons. The summed E-state index contributed by atoms with van der Waals surface area (Å²) in [7, 11) is 1.69. The smallest absolute Gasteiger partial charge is 0.152 e. The van der Waals surface area contributed by atoms with Crippen LogP contribution in [0.4, 0.5) is 5.69 Å². The van der Waals surface area contributed by atoms with E-state index in [1.165, 1.54) is 5.56 Å². The van der Waals surface area contributed by atoms with Crippen LogP contribution in [-0.4, -0.2) is 7.11 Å². The Kier molecular flexibility index (Phi) is 6.95. The molecule has 0 fully saturated rings. The van der Waals surface area contributed by atoms with Crippen LogP contribution in [0.3, 0.4) is 0 Å². The van der Waals surface area contributed by atoms with Gasteiger partial charge in [-0.3, -0.25) is 0 Å². The fourth-order valence-corrected chi connectivity index (χ4v) is 2.52. The maximum atomic E-state index is 5.78. The molecule has 0 amide bonds. The van der Waals surface area contributed by atoms with Gasteiger partial charge < -0.3 is 14.5 Å². The number of ether oxygens (including phenoxy) is 1. The molecule has 0 saturated heterocycles. The SMILES string of the molecule is C=c1cc(C)o/c1=C(/CC)Nc1c(C)ccc(OC)c1C.CC. The second kappa shape index (κ2) is 8.47. The fourth-order valence-electron chi connectivity index (χ4n) is 2.52. The van der Waals surface area contributed by atoms with E-state index in [9.17, 15) is 0 Å². The highest BCUT2D eigenvalue weighted by Crippen LogP contribution is 2.30.